The zero-order chi connectivity index (χ0) is 23.6. The Labute approximate surface area is 200 Å². The molecule has 3 rings (SSSR count). The number of halogens is 1. The van der Waals surface area contributed by atoms with Crippen LogP contribution in [0, 0.1) is 0 Å². The molecule has 0 aliphatic rings. The topological polar surface area (TPSA) is 58.6 Å². The molecule has 6 heteroatoms. The number of carbonyl (C=O) groups excluding carboxylic acids is 2. The zero-order valence-corrected chi connectivity index (χ0v) is 19.7. The van der Waals surface area contributed by atoms with E-state index in [1.165, 1.54) is 5.56 Å². The van der Waals surface area contributed by atoms with Crippen LogP contribution in [-0.2, 0) is 29.0 Å². The third-order valence-corrected chi connectivity index (χ3v) is 5.73. The van der Waals surface area contributed by atoms with Gasteiger partial charge in [0, 0.05) is 25.0 Å². The molecule has 0 aromatic heterocycles. The first-order valence-electron chi connectivity index (χ1n) is 11.0. The predicted molar refractivity (Wildman–Crippen MR) is 131 cm³/mol. The monoisotopic (exact) mass is 464 g/mol. The molecule has 0 saturated carbocycles. The van der Waals surface area contributed by atoms with E-state index in [1.807, 2.05) is 66.7 Å². The van der Waals surface area contributed by atoms with Crippen molar-refractivity contribution in [3.8, 4) is 5.75 Å². The number of nitrogens with zero attached hydrogens (tertiary/aromatic N) is 1. The summed E-state index contributed by atoms with van der Waals surface area (Å²) in [7, 11) is 1.58. The van der Waals surface area contributed by atoms with E-state index in [-0.39, 0.29) is 25.0 Å². The van der Waals surface area contributed by atoms with Crippen molar-refractivity contribution in [2.24, 2.45) is 0 Å². The third kappa shape index (κ3) is 7.09. The Morgan fingerprint density at radius 1 is 0.909 bits per heavy atom. The second-order valence-corrected chi connectivity index (χ2v) is 8.19. The first-order chi connectivity index (χ1) is 16.0. The summed E-state index contributed by atoms with van der Waals surface area (Å²) >= 11 is 6.03. The smallest absolute Gasteiger partial charge is 0.261 e. The van der Waals surface area contributed by atoms with Crippen molar-refractivity contribution in [3.63, 3.8) is 0 Å². The number of benzene rings is 3. The molecule has 0 saturated heterocycles. The average Bonchev–Trinajstić information content (AvgIpc) is 2.86. The number of aryl methyl sites for hydroxylation is 1. The molecule has 0 fully saturated rings. The van der Waals surface area contributed by atoms with Crippen LogP contribution in [0.3, 0.4) is 0 Å². The lowest BCUT2D eigenvalue weighted by atomic mass is 10.0. The average molecular weight is 465 g/mol. The molecule has 1 N–H and O–H groups in total. The van der Waals surface area contributed by atoms with E-state index in [0.29, 0.717) is 17.2 Å². The quantitative estimate of drug-likeness (QED) is 0.474. The second-order valence-electron chi connectivity index (χ2n) is 7.75. The Kier molecular flexibility index (Phi) is 8.90. The predicted octanol–water partition coefficient (Wildman–Crippen LogP) is 4.67. The second kappa shape index (κ2) is 12.1. The van der Waals surface area contributed by atoms with E-state index in [0.717, 1.165) is 17.5 Å². The molecular formula is C27H29ClN2O3. The Balaban J connectivity index is 1.84. The van der Waals surface area contributed by atoms with Gasteiger partial charge in [0.05, 0.1) is 0 Å². The molecule has 172 valence electrons. The van der Waals surface area contributed by atoms with Crippen LogP contribution in [0.4, 0.5) is 0 Å². The first kappa shape index (κ1) is 24.3. The van der Waals surface area contributed by atoms with Crippen LogP contribution in [0.25, 0.3) is 0 Å². The molecule has 0 unspecified atom stereocenters. The summed E-state index contributed by atoms with van der Waals surface area (Å²) in [6.45, 7) is 2.18. The van der Waals surface area contributed by atoms with Gasteiger partial charge in [-0.15, -0.1) is 0 Å². The van der Waals surface area contributed by atoms with Gasteiger partial charge in [-0.05, 0) is 47.4 Å². The summed E-state index contributed by atoms with van der Waals surface area (Å²) in [5.41, 5.74) is 3.04. The van der Waals surface area contributed by atoms with E-state index < -0.39 is 6.04 Å². The number of rotatable bonds is 10. The van der Waals surface area contributed by atoms with Crippen molar-refractivity contribution in [2.45, 2.75) is 32.4 Å². The summed E-state index contributed by atoms with van der Waals surface area (Å²) in [5, 5.41) is 3.32. The van der Waals surface area contributed by atoms with Crippen LogP contribution in [0.2, 0.25) is 5.02 Å². The minimum Gasteiger partial charge on any atom is -0.484 e. The Morgan fingerprint density at radius 2 is 1.55 bits per heavy atom. The Morgan fingerprint density at radius 3 is 2.15 bits per heavy atom. The highest BCUT2D eigenvalue weighted by atomic mass is 35.5. The van der Waals surface area contributed by atoms with Crippen LogP contribution in [0.1, 0.15) is 23.6 Å². The summed E-state index contributed by atoms with van der Waals surface area (Å²) < 4.78 is 5.77. The van der Waals surface area contributed by atoms with Gasteiger partial charge < -0.3 is 15.0 Å². The molecule has 0 aliphatic heterocycles. The Bertz CT molecular complexity index is 1040. The maximum absolute atomic E-state index is 13.4. The van der Waals surface area contributed by atoms with Crippen LogP contribution < -0.4 is 10.1 Å². The number of hydrogen-bond donors (Lipinski definition) is 1. The van der Waals surface area contributed by atoms with Gasteiger partial charge in [-0.1, -0.05) is 73.1 Å². The van der Waals surface area contributed by atoms with Gasteiger partial charge in [-0.25, -0.2) is 0 Å². The number of nitrogens with one attached hydrogen (secondary N) is 1. The highest BCUT2D eigenvalue weighted by Crippen LogP contribution is 2.18. The summed E-state index contributed by atoms with van der Waals surface area (Å²) in [5.74, 6) is 0.119. The molecule has 0 aliphatic carbocycles. The van der Waals surface area contributed by atoms with Crippen LogP contribution in [0.15, 0.2) is 78.9 Å². The maximum Gasteiger partial charge on any atom is 0.261 e. The van der Waals surface area contributed by atoms with Gasteiger partial charge in [-0.2, -0.15) is 0 Å². The van der Waals surface area contributed by atoms with Gasteiger partial charge >= 0.3 is 0 Å². The van der Waals surface area contributed by atoms with E-state index in [4.69, 9.17) is 16.3 Å². The molecular weight excluding hydrogens is 436 g/mol. The zero-order valence-electron chi connectivity index (χ0n) is 19.0. The molecule has 3 aromatic carbocycles. The van der Waals surface area contributed by atoms with Gasteiger partial charge in [0.1, 0.15) is 11.8 Å². The van der Waals surface area contributed by atoms with Crippen LogP contribution in [0.5, 0.6) is 5.75 Å². The van der Waals surface area contributed by atoms with Crippen LogP contribution >= 0.6 is 11.6 Å². The van der Waals surface area contributed by atoms with E-state index in [1.54, 1.807) is 24.1 Å². The number of amides is 2. The van der Waals surface area contributed by atoms with Crippen molar-refractivity contribution in [3.05, 3.63) is 101 Å². The number of carbonyl (C=O) groups is 2. The minimum absolute atomic E-state index is 0.165. The van der Waals surface area contributed by atoms with Gasteiger partial charge in [-0.3, -0.25) is 9.59 Å². The van der Waals surface area contributed by atoms with Crippen molar-refractivity contribution < 1.29 is 14.3 Å². The van der Waals surface area contributed by atoms with Crippen molar-refractivity contribution in [2.75, 3.05) is 13.7 Å². The van der Waals surface area contributed by atoms with E-state index in [9.17, 15) is 9.59 Å². The van der Waals surface area contributed by atoms with E-state index >= 15 is 0 Å². The number of ether oxygens (including phenoxy) is 1. The molecule has 1 atom stereocenters. The first-order valence-corrected chi connectivity index (χ1v) is 11.4. The van der Waals surface area contributed by atoms with E-state index in [2.05, 4.69) is 12.2 Å². The summed E-state index contributed by atoms with van der Waals surface area (Å²) in [4.78, 5) is 27.8. The van der Waals surface area contributed by atoms with Gasteiger partial charge in [0.2, 0.25) is 5.91 Å². The van der Waals surface area contributed by atoms with Crippen molar-refractivity contribution in [1.82, 2.24) is 10.2 Å². The summed E-state index contributed by atoms with van der Waals surface area (Å²) in [6.07, 6.45) is 1.33. The molecule has 0 heterocycles. The lowest BCUT2D eigenvalue weighted by molar-refractivity contribution is -0.142. The SMILES string of the molecule is CCc1ccc(OCC(=O)N(Cc2ccc(Cl)cc2)[C@H](Cc2ccccc2)C(=O)NC)cc1. The Hall–Kier alpha value is -3.31. The van der Waals surface area contributed by atoms with Gasteiger partial charge in [0.25, 0.3) is 5.91 Å². The molecule has 0 radical (unpaired) electrons. The standard InChI is InChI=1S/C27H29ClN2O3/c1-3-20-11-15-24(16-12-20)33-19-26(31)30(18-22-9-13-23(28)14-10-22)25(27(32)29-2)17-21-7-5-4-6-8-21/h4-16,25H,3,17-19H2,1-2H3,(H,29,32)/t25-/m1/s1. The fraction of sp³-hybridized carbons (Fsp3) is 0.259. The minimum atomic E-state index is -0.688. The summed E-state index contributed by atoms with van der Waals surface area (Å²) in [6, 6.07) is 23.9. The van der Waals surface area contributed by atoms with Crippen LogP contribution in [-0.4, -0.2) is 36.4 Å². The molecule has 33 heavy (non-hydrogen) atoms. The fourth-order valence-corrected chi connectivity index (χ4v) is 3.68. The fourth-order valence-electron chi connectivity index (χ4n) is 3.56. The number of likely N-dealkylation sites (N-methyl/N-ethyl adjacent to an activating group) is 1. The lowest BCUT2D eigenvalue weighted by Gasteiger charge is -2.31. The molecule has 5 nitrogen and oxygen atoms in total. The van der Waals surface area contributed by atoms with Gasteiger partial charge in [0.15, 0.2) is 6.61 Å². The lowest BCUT2D eigenvalue weighted by Crippen LogP contribution is -2.51. The number of hydrogen-bond acceptors (Lipinski definition) is 3. The van der Waals surface area contributed by atoms with Crippen molar-refractivity contribution >= 4 is 23.4 Å². The van der Waals surface area contributed by atoms with Crippen molar-refractivity contribution in [1.29, 1.82) is 0 Å². The molecule has 0 spiro atoms. The molecule has 3 aromatic rings. The normalized spacial score (nSPS) is 11.5. The maximum atomic E-state index is 13.4. The molecule has 2 amide bonds. The highest BCUT2D eigenvalue weighted by Gasteiger charge is 2.30. The third-order valence-electron chi connectivity index (χ3n) is 5.48. The largest absolute Gasteiger partial charge is 0.484 e. The highest BCUT2D eigenvalue weighted by molar-refractivity contribution is 6.30. The molecule has 0 bridgehead atoms.